The number of allylic oxidation sites excluding steroid dienone is 3. The minimum atomic E-state index is 0.554. The maximum absolute atomic E-state index is 3.83. The molecule has 0 aromatic heterocycles. The average molecular weight is 244 g/mol. The topological polar surface area (TPSA) is 0 Å². The quantitative estimate of drug-likeness (QED) is 0.722. The molecule has 0 nitrogen and oxygen atoms in total. The first kappa shape index (κ1) is 10.3. The van der Waals surface area contributed by atoms with Gasteiger partial charge in [-0.25, -0.2) is 0 Å². The summed E-state index contributed by atoms with van der Waals surface area (Å²) >= 11 is 3.93. The first-order chi connectivity index (χ1) is 7.86. The largest absolute Gasteiger partial charge is 0.116 e. The van der Waals surface area contributed by atoms with E-state index in [0.29, 0.717) is 10.5 Å². The van der Waals surface area contributed by atoms with Gasteiger partial charge in [0, 0.05) is 20.3 Å². The molecule has 3 rings (SSSR count). The molecule has 2 heteroatoms. The van der Waals surface area contributed by atoms with Crippen molar-refractivity contribution in [2.24, 2.45) is 0 Å². The number of rotatable bonds is 1. The van der Waals surface area contributed by atoms with E-state index in [-0.39, 0.29) is 0 Å². The monoisotopic (exact) mass is 244 g/mol. The van der Waals surface area contributed by atoms with E-state index in [9.17, 15) is 0 Å². The molecule has 0 radical (unpaired) electrons. The molecule has 1 aliphatic heterocycles. The summed E-state index contributed by atoms with van der Waals surface area (Å²) < 4.78 is 0. The maximum Gasteiger partial charge on any atom is 0.0441 e. The summed E-state index contributed by atoms with van der Waals surface area (Å²) in [6.45, 7) is 3.83. The fourth-order valence-corrected chi connectivity index (χ4v) is 4.65. The predicted molar refractivity (Wildman–Crippen MR) is 73.2 cm³/mol. The molecule has 0 amide bonds. The van der Waals surface area contributed by atoms with Crippen LogP contribution in [0.4, 0.5) is 0 Å². The van der Waals surface area contributed by atoms with Crippen LogP contribution in [0.25, 0.3) is 0 Å². The molecule has 0 saturated heterocycles. The van der Waals surface area contributed by atoms with Gasteiger partial charge in [-0.3, -0.25) is 0 Å². The highest BCUT2D eigenvalue weighted by atomic mass is 32.2. The van der Waals surface area contributed by atoms with Crippen LogP contribution < -0.4 is 0 Å². The Kier molecular flexibility index (Phi) is 2.70. The van der Waals surface area contributed by atoms with E-state index in [2.05, 4.69) is 49.1 Å². The molecule has 0 saturated carbocycles. The Labute approximate surface area is 105 Å². The molecule has 1 aromatic rings. The number of fused-ring (bicyclic) bond motifs is 2. The van der Waals surface area contributed by atoms with E-state index in [4.69, 9.17) is 0 Å². The average Bonchev–Trinajstić information content (AvgIpc) is 2.35. The highest BCUT2D eigenvalue weighted by Crippen LogP contribution is 2.47. The maximum atomic E-state index is 3.83. The fraction of sp³-hybridized carbons (Fsp3) is 0.143. The fourth-order valence-electron chi connectivity index (χ4n) is 1.94. The van der Waals surface area contributed by atoms with Crippen LogP contribution in [0.1, 0.15) is 0 Å². The molecule has 0 fully saturated rings. The molecule has 1 heterocycles. The van der Waals surface area contributed by atoms with Gasteiger partial charge in [-0.1, -0.05) is 43.0 Å². The van der Waals surface area contributed by atoms with E-state index < -0.39 is 0 Å². The normalized spacial score (nSPS) is 26.6. The highest BCUT2D eigenvalue weighted by Gasteiger charge is 2.28. The smallest absolute Gasteiger partial charge is 0.0441 e. The van der Waals surface area contributed by atoms with Gasteiger partial charge < -0.3 is 0 Å². The predicted octanol–water partition coefficient (Wildman–Crippen LogP) is 4.30. The third-order valence-corrected chi connectivity index (χ3v) is 5.72. The minimum Gasteiger partial charge on any atom is -0.116 e. The summed E-state index contributed by atoms with van der Waals surface area (Å²) in [7, 11) is 0. The Morgan fingerprint density at radius 2 is 1.75 bits per heavy atom. The zero-order valence-corrected chi connectivity index (χ0v) is 10.4. The van der Waals surface area contributed by atoms with Gasteiger partial charge in [0.15, 0.2) is 0 Å². The van der Waals surface area contributed by atoms with Crippen molar-refractivity contribution in [1.29, 1.82) is 0 Å². The summed E-state index contributed by atoms with van der Waals surface area (Å²) in [4.78, 5) is 2.82. The molecule has 2 aliphatic rings. The summed E-state index contributed by atoms with van der Waals surface area (Å²) in [5.41, 5.74) is 1.24. The molecule has 1 aromatic carbocycles. The van der Waals surface area contributed by atoms with Gasteiger partial charge in [0.05, 0.1) is 0 Å². The lowest BCUT2D eigenvalue weighted by atomic mass is 10.1. The second-order valence-electron chi connectivity index (χ2n) is 3.84. The lowest BCUT2D eigenvalue weighted by Gasteiger charge is -2.30. The van der Waals surface area contributed by atoms with Crippen LogP contribution in [0.3, 0.4) is 0 Å². The van der Waals surface area contributed by atoms with Crippen molar-refractivity contribution in [3.05, 3.63) is 60.7 Å². The summed E-state index contributed by atoms with van der Waals surface area (Å²) in [5.74, 6) is 0. The molecule has 2 unspecified atom stereocenters. The van der Waals surface area contributed by atoms with E-state index in [1.807, 2.05) is 29.6 Å². The molecule has 0 bridgehead atoms. The van der Waals surface area contributed by atoms with Gasteiger partial charge in [0.25, 0.3) is 0 Å². The van der Waals surface area contributed by atoms with Gasteiger partial charge in [-0.15, -0.1) is 23.5 Å². The van der Waals surface area contributed by atoms with Gasteiger partial charge >= 0.3 is 0 Å². The summed E-state index contributed by atoms with van der Waals surface area (Å²) in [5, 5.41) is 1.13. The van der Waals surface area contributed by atoms with Gasteiger partial charge in [0.1, 0.15) is 0 Å². The lowest BCUT2D eigenvalue weighted by Crippen LogP contribution is -2.21. The van der Waals surface area contributed by atoms with Gasteiger partial charge in [-0.2, -0.15) is 0 Å². The molecule has 0 spiro atoms. The van der Waals surface area contributed by atoms with Crippen LogP contribution in [0.15, 0.2) is 70.5 Å². The van der Waals surface area contributed by atoms with Crippen LogP contribution in [0.5, 0.6) is 0 Å². The van der Waals surface area contributed by atoms with Crippen LogP contribution in [0, 0.1) is 0 Å². The van der Waals surface area contributed by atoms with Gasteiger partial charge in [0.2, 0.25) is 0 Å². The second-order valence-corrected chi connectivity index (χ2v) is 6.28. The van der Waals surface area contributed by atoms with E-state index in [0.717, 1.165) is 0 Å². The molecule has 2 atom stereocenters. The molecule has 16 heavy (non-hydrogen) atoms. The first-order valence-corrected chi connectivity index (χ1v) is 7.07. The number of hydrogen-bond acceptors (Lipinski definition) is 2. The molecular weight excluding hydrogens is 232 g/mol. The van der Waals surface area contributed by atoms with Crippen LogP contribution >= 0.6 is 23.5 Å². The minimum absolute atomic E-state index is 0.554. The van der Waals surface area contributed by atoms with Crippen LogP contribution in [-0.4, -0.2) is 10.5 Å². The Balaban J connectivity index is 1.96. The third-order valence-electron chi connectivity index (χ3n) is 2.77. The summed E-state index contributed by atoms with van der Waals surface area (Å²) in [6.07, 6.45) is 8.73. The Bertz CT molecular complexity index is 485. The van der Waals surface area contributed by atoms with Crippen molar-refractivity contribution in [2.75, 3.05) is 0 Å². The van der Waals surface area contributed by atoms with Gasteiger partial charge in [-0.05, 0) is 17.7 Å². The zero-order valence-electron chi connectivity index (χ0n) is 8.80. The van der Waals surface area contributed by atoms with E-state index >= 15 is 0 Å². The van der Waals surface area contributed by atoms with Crippen molar-refractivity contribution in [1.82, 2.24) is 0 Å². The van der Waals surface area contributed by atoms with E-state index in [1.165, 1.54) is 15.4 Å². The second kappa shape index (κ2) is 4.19. The van der Waals surface area contributed by atoms with Crippen molar-refractivity contribution in [2.45, 2.75) is 20.3 Å². The summed E-state index contributed by atoms with van der Waals surface area (Å²) in [6, 6.07) is 8.65. The number of hydrogen-bond donors (Lipinski definition) is 0. The van der Waals surface area contributed by atoms with E-state index in [1.54, 1.807) is 0 Å². The standard InChI is InChI=1S/C14H12S2/c1-2-10-7-8-13-14(9-10)16-12-6-4-3-5-11(12)15-13/h2-9,13-14H,1H2. The number of thioether (sulfide) groups is 2. The molecule has 0 N–H and O–H groups in total. The highest BCUT2D eigenvalue weighted by molar-refractivity contribution is 8.06. The molecule has 1 aliphatic carbocycles. The van der Waals surface area contributed by atoms with Crippen LogP contribution in [0.2, 0.25) is 0 Å². The van der Waals surface area contributed by atoms with Crippen molar-refractivity contribution < 1.29 is 0 Å². The molecule has 80 valence electrons. The third kappa shape index (κ3) is 1.76. The Morgan fingerprint density at radius 3 is 2.44 bits per heavy atom. The first-order valence-electron chi connectivity index (χ1n) is 5.31. The van der Waals surface area contributed by atoms with Crippen molar-refractivity contribution in [3.63, 3.8) is 0 Å². The van der Waals surface area contributed by atoms with Crippen molar-refractivity contribution >= 4 is 23.5 Å². The molecular formula is C14H12S2. The zero-order chi connectivity index (χ0) is 11.0. The Morgan fingerprint density at radius 1 is 1.06 bits per heavy atom. The van der Waals surface area contributed by atoms with Crippen molar-refractivity contribution in [3.8, 4) is 0 Å². The Hall–Kier alpha value is -0.860. The number of benzene rings is 1. The lowest BCUT2D eigenvalue weighted by molar-refractivity contribution is 1.03. The van der Waals surface area contributed by atoms with Crippen LogP contribution in [-0.2, 0) is 0 Å². The SMILES string of the molecule is C=CC1=CC2Sc3ccccc3SC2C=C1.